The van der Waals surface area contributed by atoms with Gasteiger partial charge in [-0.15, -0.1) is 0 Å². The van der Waals surface area contributed by atoms with E-state index >= 15 is 0 Å². The van der Waals surface area contributed by atoms with Crippen LogP contribution in [0.4, 0.5) is 5.69 Å². The molecule has 0 aliphatic carbocycles. The first-order valence-corrected chi connectivity index (χ1v) is 5.18. The molecule has 2 rings (SSSR count). The lowest BCUT2D eigenvalue weighted by atomic mass is 10.0. The Bertz CT molecular complexity index is 401. The minimum Gasteiger partial charge on any atom is -0.394 e. The maximum Gasteiger partial charge on any atom is 0.287 e. The molecule has 2 heterocycles. The Hall–Kier alpha value is -1.36. The standard InChI is InChI=1S/C10H16N4O/c1-14-3-2-7(6-14)4-8-5-9(11)10(15)13-12-8/h5,7H,2-4,6H2,1H3,(H2,11,12)(H,13,15). The lowest BCUT2D eigenvalue weighted by Gasteiger charge is -2.09. The molecule has 0 bridgehead atoms. The van der Waals surface area contributed by atoms with Crippen molar-refractivity contribution in [1.82, 2.24) is 15.1 Å². The van der Waals surface area contributed by atoms with Gasteiger partial charge in [-0.2, -0.15) is 5.10 Å². The van der Waals surface area contributed by atoms with E-state index in [1.807, 2.05) is 0 Å². The highest BCUT2D eigenvalue weighted by Gasteiger charge is 2.20. The van der Waals surface area contributed by atoms with Crippen LogP contribution in [0, 0.1) is 5.92 Å². The van der Waals surface area contributed by atoms with Crippen molar-refractivity contribution >= 4 is 5.69 Å². The van der Waals surface area contributed by atoms with E-state index in [1.165, 1.54) is 6.42 Å². The molecule has 1 atom stereocenters. The van der Waals surface area contributed by atoms with Crippen LogP contribution in [0.1, 0.15) is 12.1 Å². The highest BCUT2D eigenvalue weighted by molar-refractivity contribution is 5.34. The van der Waals surface area contributed by atoms with Crippen LogP contribution in [0.2, 0.25) is 0 Å². The molecule has 1 aromatic heterocycles. The maximum atomic E-state index is 11.0. The van der Waals surface area contributed by atoms with Crippen LogP contribution in [0.15, 0.2) is 10.9 Å². The van der Waals surface area contributed by atoms with Crippen LogP contribution < -0.4 is 11.3 Å². The van der Waals surface area contributed by atoms with Gasteiger partial charge < -0.3 is 10.6 Å². The number of hydrogen-bond donors (Lipinski definition) is 2. The van der Waals surface area contributed by atoms with E-state index in [0.717, 1.165) is 25.2 Å². The van der Waals surface area contributed by atoms with E-state index in [9.17, 15) is 4.79 Å². The van der Waals surface area contributed by atoms with Gasteiger partial charge in [0.1, 0.15) is 5.69 Å². The van der Waals surface area contributed by atoms with Crippen LogP contribution in [0.25, 0.3) is 0 Å². The van der Waals surface area contributed by atoms with E-state index in [1.54, 1.807) is 6.07 Å². The van der Waals surface area contributed by atoms with Gasteiger partial charge in [-0.3, -0.25) is 4.79 Å². The molecule has 82 valence electrons. The molecule has 1 aromatic rings. The summed E-state index contributed by atoms with van der Waals surface area (Å²) in [6, 6.07) is 1.68. The summed E-state index contributed by atoms with van der Waals surface area (Å²) in [7, 11) is 2.12. The number of nitrogen functional groups attached to an aromatic ring is 1. The molecule has 15 heavy (non-hydrogen) atoms. The summed E-state index contributed by atoms with van der Waals surface area (Å²) in [5.74, 6) is 0.632. The topological polar surface area (TPSA) is 75.0 Å². The summed E-state index contributed by atoms with van der Waals surface area (Å²) in [5, 5.41) is 6.40. The molecule has 0 amide bonds. The number of nitrogens with zero attached hydrogens (tertiary/aromatic N) is 2. The van der Waals surface area contributed by atoms with Gasteiger partial charge in [0, 0.05) is 6.54 Å². The van der Waals surface area contributed by atoms with Crippen molar-refractivity contribution in [3.05, 3.63) is 22.1 Å². The minimum atomic E-state index is -0.303. The van der Waals surface area contributed by atoms with Crippen LogP contribution in [0.3, 0.4) is 0 Å². The fourth-order valence-electron chi connectivity index (χ4n) is 2.06. The molecule has 1 saturated heterocycles. The molecular weight excluding hydrogens is 192 g/mol. The van der Waals surface area contributed by atoms with E-state index in [-0.39, 0.29) is 11.2 Å². The van der Waals surface area contributed by atoms with Crippen LogP contribution in [0.5, 0.6) is 0 Å². The van der Waals surface area contributed by atoms with Crippen molar-refractivity contribution in [3.8, 4) is 0 Å². The molecule has 1 fully saturated rings. The lowest BCUT2D eigenvalue weighted by Crippen LogP contribution is -2.18. The SMILES string of the molecule is CN1CCC(Cc2cc(N)c(=O)[nH]n2)C1. The van der Waals surface area contributed by atoms with Crippen LogP contribution >= 0.6 is 0 Å². The third-order valence-electron chi connectivity index (χ3n) is 2.87. The van der Waals surface area contributed by atoms with Crippen molar-refractivity contribution in [2.24, 2.45) is 5.92 Å². The Morgan fingerprint density at radius 1 is 1.73 bits per heavy atom. The highest BCUT2D eigenvalue weighted by atomic mass is 16.1. The van der Waals surface area contributed by atoms with E-state index in [0.29, 0.717) is 5.92 Å². The molecular formula is C10H16N4O. The molecule has 3 N–H and O–H groups in total. The van der Waals surface area contributed by atoms with Gasteiger partial charge in [-0.25, -0.2) is 5.10 Å². The van der Waals surface area contributed by atoms with Crippen molar-refractivity contribution in [3.63, 3.8) is 0 Å². The number of H-pyrrole nitrogens is 1. The van der Waals surface area contributed by atoms with Gasteiger partial charge in [-0.05, 0) is 38.4 Å². The Morgan fingerprint density at radius 2 is 2.53 bits per heavy atom. The monoisotopic (exact) mass is 208 g/mol. The first-order valence-electron chi connectivity index (χ1n) is 5.18. The molecule has 0 radical (unpaired) electrons. The zero-order valence-corrected chi connectivity index (χ0v) is 8.86. The van der Waals surface area contributed by atoms with Gasteiger partial charge in [0.15, 0.2) is 0 Å². The summed E-state index contributed by atoms with van der Waals surface area (Å²) in [5.41, 5.74) is 6.36. The first-order chi connectivity index (χ1) is 7.15. The van der Waals surface area contributed by atoms with Gasteiger partial charge in [0.05, 0.1) is 5.69 Å². The number of aromatic nitrogens is 2. The zero-order chi connectivity index (χ0) is 10.8. The molecule has 1 aliphatic rings. The molecule has 1 unspecified atom stereocenters. The quantitative estimate of drug-likeness (QED) is 0.708. The van der Waals surface area contributed by atoms with Gasteiger partial charge in [0.25, 0.3) is 5.56 Å². The largest absolute Gasteiger partial charge is 0.394 e. The first kappa shape index (κ1) is 10.2. The van der Waals surface area contributed by atoms with Crippen LogP contribution in [-0.2, 0) is 6.42 Å². The maximum absolute atomic E-state index is 11.0. The smallest absolute Gasteiger partial charge is 0.287 e. The summed E-state index contributed by atoms with van der Waals surface area (Å²) in [4.78, 5) is 13.3. The summed E-state index contributed by atoms with van der Waals surface area (Å²) in [6.07, 6.45) is 2.09. The van der Waals surface area contributed by atoms with Crippen molar-refractivity contribution < 1.29 is 0 Å². The molecule has 5 nitrogen and oxygen atoms in total. The average molecular weight is 208 g/mol. The molecule has 0 saturated carbocycles. The van der Waals surface area contributed by atoms with Crippen molar-refractivity contribution in [1.29, 1.82) is 0 Å². The molecule has 5 heteroatoms. The van der Waals surface area contributed by atoms with Gasteiger partial charge in [-0.1, -0.05) is 0 Å². The Kier molecular flexibility index (Phi) is 2.73. The second-order valence-electron chi connectivity index (χ2n) is 4.26. The Morgan fingerprint density at radius 3 is 3.13 bits per heavy atom. The third-order valence-corrected chi connectivity index (χ3v) is 2.87. The summed E-state index contributed by atoms with van der Waals surface area (Å²) >= 11 is 0. The zero-order valence-electron chi connectivity index (χ0n) is 8.86. The second-order valence-corrected chi connectivity index (χ2v) is 4.26. The average Bonchev–Trinajstić information content (AvgIpc) is 2.58. The van der Waals surface area contributed by atoms with Gasteiger partial charge in [0.2, 0.25) is 0 Å². The van der Waals surface area contributed by atoms with E-state index in [2.05, 4.69) is 22.1 Å². The molecule has 0 spiro atoms. The Balaban J connectivity index is 2.05. The predicted octanol–water partition coefficient (Wildman–Crippen LogP) is -0.154. The number of rotatable bonds is 2. The summed E-state index contributed by atoms with van der Waals surface area (Å²) in [6.45, 7) is 2.24. The van der Waals surface area contributed by atoms with Crippen LogP contribution in [-0.4, -0.2) is 35.2 Å². The number of aromatic amines is 1. The molecule has 1 aliphatic heterocycles. The number of nitrogens with two attached hydrogens (primary N) is 1. The van der Waals surface area contributed by atoms with E-state index < -0.39 is 0 Å². The fourth-order valence-corrected chi connectivity index (χ4v) is 2.06. The fraction of sp³-hybridized carbons (Fsp3) is 0.600. The number of hydrogen-bond acceptors (Lipinski definition) is 4. The number of anilines is 1. The van der Waals surface area contributed by atoms with Crippen molar-refractivity contribution in [2.75, 3.05) is 25.9 Å². The predicted molar refractivity (Wildman–Crippen MR) is 58.6 cm³/mol. The lowest BCUT2D eigenvalue weighted by molar-refractivity contribution is 0.393. The minimum absolute atomic E-state index is 0.256. The number of nitrogens with one attached hydrogen (secondary N) is 1. The number of likely N-dealkylation sites (tertiary alicyclic amines) is 1. The second kappa shape index (κ2) is 4.02. The third kappa shape index (κ3) is 2.36. The highest BCUT2D eigenvalue weighted by Crippen LogP contribution is 2.18. The summed E-state index contributed by atoms with van der Waals surface area (Å²) < 4.78 is 0. The molecule has 0 aromatic carbocycles. The normalized spacial score (nSPS) is 22.1. The van der Waals surface area contributed by atoms with E-state index in [4.69, 9.17) is 5.73 Å². The Labute approximate surface area is 88.3 Å². The van der Waals surface area contributed by atoms with Gasteiger partial charge >= 0.3 is 0 Å². The van der Waals surface area contributed by atoms with Crippen molar-refractivity contribution in [2.45, 2.75) is 12.8 Å².